The van der Waals surface area contributed by atoms with Crippen LogP contribution in [0.2, 0.25) is 10.0 Å². The molecule has 1 aliphatic rings. The number of carbonyl (C=O) groups is 2. The molecule has 1 saturated heterocycles. The molecule has 0 unspecified atom stereocenters. The van der Waals surface area contributed by atoms with Gasteiger partial charge >= 0.3 is 5.97 Å². The van der Waals surface area contributed by atoms with E-state index in [4.69, 9.17) is 37.4 Å². The summed E-state index contributed by atoms with van der Waals surface area (Å²) in [4.78, 5) is 31.6. The highest BCUT2D eigenvalue weighted by Crippen LogP contribution is 2.38. The number of halogens is 2. The van der Waals surface area contributed by atoms with Gasteiger partial charge in [0.05, 0.1) is 29.9 Å². The number of methoxy groups -OCH3 is 1. The van der Waals surface area contributed by atoms with E-state index in [0.29, 0.717) is 55.9 Å². The number of amidine groups is 1. The summed E-state index contributed by atoms with van der Waals surface area (Å²) in [6.07, 6.45) is 4.09. The number of benzene rings is 3. The molecule has 3 aromatic carbocycles. The maximum absolute atomic E-state index is 13.1. The Morgan fingerprint density at radius 1 is 1.10 bits per heavy atom. The first kappa shape index (κ1) is 30.2. The first-order valence-electron chi connectivity index (χ1n) is 12.7. The lowest BCUT2D eigenvalue weighted by Gasteiger charge is -2.17. The van der Waals surface area contributed by atoms with E-state index in [1.807, 2.05) is 25.1 Å². The molecule has 3 aromatic rings. The van der Waals surface area contributed by atoms with E-state index in [-0.39, 0.29) is 12.5 Å². The van der Waals surface area contributed by atoms with Crippen LogP contribution in [0.25, 0.3) is 6.08 Å². The van der Waals surface area contributed by atoms with Crippen LogP contribution in [0.3, 0.4) is 0 Å². The fourth-order valence-electron chi connectivity index (χ4n) is 4.02. The van der Waals surface area contributed by atoms with Gasteiger partial charge in [-0.2, -0.15) is 0 Å². The van der Waals surface area contributed by atoms with Crippen LogP contribution >= 0.6 is 35.0 Å². The Labute approximate surface area is 253 Å². The molecule has 1 aliphatic heterocycles. The predicted octanol–water partition coefficient (Wildman–Crippen LogP) is 7.72. The van der Waals surface area contributed by atoms with E-state index in [1.54, 1.807) is 55.6 Å². The summed E-state index contributed by atoms with van der Waals surface area (Å²) in [5.74, 6) is 0.468. The molecule has 0 aromatic heterocycles. The van der Waals surface area contributed by atoms with Crippen molar-refractivity contribution in [3.8, 4) is 11.5 Å². The number of amides is 1. The number of allylic oxidation sites excluding steroid dienone is 1. The molecule has 1 fully saturated rings. The monoisotopic (exact) mass is 610 g/mol. The van der Waals surface area contributed by atoms with E-state index in [1.165, 1.54) is 23.8 Å². The van der Waals surface area contributed by atoms with Crippen molar-refractivity contribution in [2.24, 2.45) is 4.99 Å². The smallest absolute Gasteiger partial charge is 0.337 e. The largest absolute Gasteiger partial charge is 0.490 e. The van der Waals surface area contributed by atoms with Gasteiger partial charge in [0.25, 0.3) is 5.91 Å². The number of aliphatic imine (C=N–C) groups is 1. The second-order valence-corrected chi connectivity index (χ2v) is 10.7. The molecule has 0 radical (unpaired) electrons. The van der Waals surface area contributed by atoms with Crippen molar-refractivity contribution in [2.75, 3.05) is 20.8 Å². The Morgan fingerprint density at radius 3 is 2.61 bits per heavy atom. The number of nitrogens with zero attached hydrogens (tertiary/aromatic N) is 2. The zero-order valence-corrected chi connectivity index (χ0v) is 25.1. The quantitative estimate of drug-likeness (QED) is 0.133. The van der Waals surface area contributed by atoms with Crippen molar-refractivity contribution < 1.29 is 23.8 Å². The molecule has 4 rings (SSSR count). The Hall–Kier alpha value is -3.72. The Bertz CT molecular complexity index is 1550. The molecule has 0 atom stereocenters. The van der Waals surface area contributed by atoms with Gasteiger partial charge in [0, 0.05) is 28.2 Å². The molecular formula is C31H28Cl2N2O5S. The number of carbonyl (C=O) groups excluding carboxylic acids is 2. The van der Waals surface area contributed by atoms with Crippen LogP contribution in [0.15, 0.2) is 77.1 Å². The Balaban J connectivity index is 1.65. The van der Waals surface area contributed by atoms with Gasteiger partial charge in [0.15, 0.2) is 16.7 Å². The van der Waals surface area contributed by atoms with Gasteiger partial charge < -0.3 is 14.2 Å². The molecule has 0 N–H and O–H groups in total. The number of likely N-dealkylation sites (N-methyl/N-ethyl adjacent to an activating group) is 1. The van der Waals surface area contributed by atoms with Gasteiger partial charge in [-0.1, -0.05) is 41.4 Å². The summed E-state index contributed by atoms with van der Waals surface area (Å²) in [6.45, 7) is 6.41. The molecule has 0 bridgehead atoms. The van der Waals surface area contributed by atoms with Crippen LogP contribution in [-0.2, 0) is 22.6 Å². The number of hydrogen-bond donors (Lipinski definition) is 0. The van der Waals surface area contributed by atoms with E-state index in [0.717, 1.165) is 16.7 Å². The minimum Gasteiger partial charge on any atom is -0.490 e. The molecule has 1 heterocycles. The van der Waals surface area contributed by atoms with Gasteiger partial charge in [-0.05, 0) is 79.2 Å². The van der Waals surface area contributed by atoms with Crippen molar-refractivity contribution in [1.29, 1.82) is 0 Å². The van der Waals surface area contributed by atoms with E-state index < -0.39 is 5.97 Å². The van der Waals surface area contributed by atoms with Crippen LogP contribution in [0.5, 0.6) is 11.5 Å². The zero-order chi connectivity index (χ0) is 29.5. The minimum atomic E-state index is -0.458. The van der Waals surface area contributed by atoms with E-state index in [9.17, 15) is 9.59 Å². The van der Waals surface area contributed by atoms with Gasteiger partial charge in [0.1, 0.15) is 6.61 Å². The first-order valence-corrected chi connectivity index (χ1v) is 14.2. The average Bonchev–Trinajstić information content (AvgIpc) is 3.21. The van der Waals surface area contributed by atoms with Crippen molar-refractivity contribution in [2.45, 2.75) is 20.0 Å². The standard InChI is InChI=1S/C31H28Cl2N2O5S/c1-5-8-20-13-19(14-26(39-6-2)28(20)40-18-22-11-12-23(32)17-25(22)33)15-27-29(36)35(3)31(41-27)34-24-10-7-9-21(16-24)30(37)38-4/h5,7,9-17H,1,6,8,18H2,2-4H3. The van der Waals surface area contributed by atoms with Crippen LogP contribution in [0.1, 0.15) is 34.0 Å². The highest BCUT2D eigenvalue weighted by Gasteiger charge is 2.30. The first-order chi connectivity index (χ1) is 19.7. The van der Waals surface area contributed by atoms with Crippen LogP contribution in [-0.4, -0.2) is 42.7 Å². The van der Waals surface area contributed by atoms with Crippen molar-refractivity contribution in [3.63, 3.8) is 0 Å². The predicted molar refractivity (Wildman–Crippen MR) is 166 cm³/mol. The lowest BCUT2D eigenvalue weighted by molar-refractivity contribution is -0.121. The maximum atomic E-state index is 13.1. The lowest BCUT2D eigenvalue weighted by atomic mass is 10.0. The molecule has 0 aliphatic carbocycles. The number of esters is 1. The highest BCUT2D eigenvalue weighted by molar-refractivity contribution is 8.18. The van der Waals surface area contributed by atoms with Crippen molar-refractivity contribution in [3.05, 3.63) is 104 Å². The van der Waals surface area contributed by atoms with E-state index in [2.05, 4.69) is 11.6 Å². The number of ether oxygens (including phenoxy) is 3. The summed E-state index contributed by atoms with van der Waals surface area (Å²) < 4.78 is 16.9. The molecule has 0 saturated carbocycles. The Morgan fingerprint density at radius 2 is 1.90 bits per heavy atom. The second kappa shape index (κ2) is 13.8. The third kappa shape index (κ3) is 7.33. The molecule has 1 amide bonds. The fourth-order valence-corrected chi connectivity index (χ4v) is 5.47. The van der Waals surface area contributed by atoms with Gasteiger partial charge in [-0.25, -0.2) is 9.79 Å². The molecule has 41 heavy (non-hydrogen) atoms. The topological polar surface area (TPSA) is 77.4 Å². The van der Waals surface area contributed by atoms with Gasteiger partial charge in [0.2, 0.25) is 0 Å². The van der Waals surface area contributed by atoms with Crippen molar-refractivity contribution in [1.82, 2.24) is 4.90 Å². The van der Waals surface area contributed by atoms with Gasteiger partial charge in [-0.15, -0.1) is 6.58 Å². The summed E-state index contributed by atoms with van der Waals surface area (Å²) in [5.41, 5.74) is 3.31. The van der Waals surface area contributed by atoms with Crippen LogP contribution < -0.4 is 9.47 Å². The van der Waals surface area contributed by atoms with Gasteiger partial charge in [-0.3, -0.25) is 9.69 Å². The summed E-state index contributed by atoms with van der Waals surface area (Å²) in [7, 11) is 2.98. The average molecular weight is 612 g/mol. The number of thioether (sulfide) groups is 1. The normalized spacial score (nSPS) is 15.0. The molecule has 0 spiro atoms. The zero-order valence-electron chi connectivity index (χ0n) is 22.8. The van der Waals surface area contributed by atoms with Crippen molar-refractivity contribution >= 4 is 63.8 Å². The SMILES string of the molecule is C=CCc1cc(C=C2SC(=Nc3cccc(C(=O)OC)c3)N(C)C2=O)cc(OCC)c1OCc1ccc(Cl)cc1Cl. The second-order valence-electron chi connectivity index (χ2n) is 8.87. The Kier molecular flexibility index (Phi) is 10.2. The van der Waals surface area contributed by atoms with Crippen LogP contribution in [0.4, 0.5) is 5.69 Å². The highest BCUT2D eigenvalue weighted by atomic mass is 35.5. The minimum absolute atomic E-state index is 0.196. The number of rotatable bonds is 10. The molecular weight excluding hydrogens is 583 g/mol. The molecule has 7 nitrogen and oxygen atoms in total. The maximum Gasteiger partial charge on any atom is 0.337 e. The summed E-state index contributed by atoms with van der Waals surface area (Å²) >= 11 is 13.6. The third-order valence-corrected chi connectivity index (χ3v) is 7.65. The summed E-state index contributed by atoms with van der Waals surface area (Å²) in [6, 6.07) is 15.8. The van der Waals surface area contributed by atoms with E-state index >= 15 is 0 Å². The third-order valence-electron chi connectivity index (χ3n) is 6.00. The molecule has 212 valence electrons. The molecule has 10 heteroatoms. The summed E-state index contributed by atoms with van der Waals surface area (Å²) in [5, 5.41) is 1.54. The number of hydrogen-bond acceptors (Lipinski definition) is 7. The van der Waals surface area contributed by atoms with Crippen LogP contribution in [0, 0.1) is 0 Å². The fraction of sp³-hybridized carbons (Fsp3) is 0.194. The lowest BCUT2D eigenvalue weighted by Crippen LogP contribution is -2.23.